The largest absolute Gasteiger partial charge is 0.496 e. The molecule has 3 aromatic carbocycles. The van der Waals surface area contributed by atoms with Crippen molar-refractivity contribution in [3.05, 3.63) is 113 Å². The van der Waals surface area contributed by atoms with Crippen molar-refractivity contribution in [2.24, 2.45) is 0 Å². The lowest BCUT2D eigenvalue weighted by atomic mass is 10.1. The first kappa shape index (κ1) is 23.8. The van der Waals surface area contributed by atoms with Crippen LogP contribution in [0.25, 0.3) is 6.08 Å². The standard InChI is InChI=1S/C29H29N3O3/c1-21-6-4-8-24(16-21)19-32-15-14-28(31-32)30-29(33)13-11-23-10-12-27(34-3)25(18-23)20-35-26-9-5-7-22(2)17-26/h4-18H,19-20H2,1-3H3,(H,30,31,33)/b13-11+. The van der Waals surface area contributed by atoms with Gasteiger partial charge in [0.15, 0.2) is 5.82 Å². The molecular formula is C29H29N3O3. The molecule has 0 aliphatic carbocycles. The molecule has 0 spiro atoms. The minimum Gasteiger partial charge on any atom is -0.496 e. The summed E-state index contributed by atoms with van der Waals surface area (Å²) in [6.07, 6.45) is 5.10. The van der Waals surface area contributed by atoms with Crippen LogP contribution in [0.5, 0.6) is 11.5 Å². The van der Waals surface area contributed by atoms with E-state index in [2.05, 4.69) is 35.5 Å². The summed E-state index contributed by atoms with van der Waals surface area (Å²) in [7, 11) is 1.63. The number of methoxy groups -OCH3 is 1. The van der Waals surface area contributed by atoms with Crippen LogP contribution in [0.1, 0.15) is 27.8 Å². The van der Waals surface area contributed by atoms with E-state index < -0.39 is 0 Å². The van der Waals surface area contributed by atoms with Crippen molar-refractivity contribution in [1.82, 2.24) is 9.78 Å². The fourth-order valence-corrected chi connectivity index (χ4v) is 3.73. The molecule has 35 heavy (non-hydrogen) atoms. The molecule has 6 nitrogen and oxygen atoms in total. The smallest absolute Gasteiger partial charge is 0.249 e. The van der Waals surface area contributed by atoms with Gasteiger partial charge >= 0.3 is 0 Å². The fraction of sp³-hybridized carbons (Fsp3) is 0.172. The summed E-state index contributed by atoms with van der Waals surface area (Å²) < 4.78 is 13.2. The van der Waals surface area contributed by atoms with Crippen molar-refractivity contribution in [2.75, 3.05) is 12.4 Å². The zero-order chi connectivity index (χ0) is 24.6. The van der Waals surface area contributed by atoms with Gasteiger partial charge in [-0.15, -0.1) is 0 Å². The van der Waals surface area contributed by atoms with Crippen LogP contribution in [0, 0.1) is 13.8 Å². The van der Waals surface area contributed by atoms with Crippen LogP contribution in [-0.4, -0.2) is 22.8 Å². The SMILES string of the molecule is COc1ccc(/C=C/C(=O)Nc2ccn(Cc3cccc(C)c3)n2)cc1COc1cccc(C)c1. The highest BCUT2D eigenvalue weighted by molar-refractivity contribution is 6.01. The number of carbonyl (C=O) groups is 1. The van der Waals surface area contributed by atoms with Crippen LogP contribution in [-0.2, 0) is 17.9 Å². The second-order valence-electron chi connectivity index (χ2n) is 8.39. The number of amides is 1. The van der Waals surface area contributed by atoms with Crippen molar-refractivity contribution in [1.29, 1.82) is 0 Å². The molecule has 1 amide bonds. The molecule has 1 aromatic heterocycles. The molecule has 0 bridgehead atoms. The first-order valence-corrected chi connectivity index (χ1v) is 11.4. The Kier molecular flexibility index (Phi) is 7.63. The van der Waals surface area contributed by atoms with Gasteiger partial charge < -0.3 is 14.8 Å². The number of carbonyl (C=O) groups excluding carboxylic acids is 1. The normalized spacial score (nSPS) is 10.9. The van der Waals surface area contributed by atoms with Gasteiger partial charge in [-0.2, -0.15) is 5.10 Å². The molecule has 0 radical (unpaired) electrons. The van der Waals surface area contributed by atoms with Crippen molar-refractivity contribution in [3.63, 3.8) is 0 Å². The molecular weight excluding hydrogens is 438 g/mol. The molecule has 0 atom stereocenters. The number of benzene rings is 3. The summed E-state index contributed by atoms with van der Waals surface area (Å²) in [6, 6.07) is 23.7. The number of hydrogen-bond acceptors (Lipinski definition) is 4. The van der Waals surface area contributed by atoms with E-state index in [0.717, 1.165) is 33.8 Å². The van der Waals surface area contributed by atoms with E-state index in [1.807, 2.05) is 61.7 Å². The number of nitrogens with one attached hydrogen (secondary N) is 1. The predicted molar refractivity (Wildman–Crippen MR) is 139 cm³/mol. The average molecular weight is 468 g/mol. The molecule has 1 heterocycles. The van der Waals surface area contributed by atoms with E-state index in [4.69, 9.17) is 9.47 Å². The first-order chi connectivity index (χ1) is 17.0. The van der Waals surface area contributed by atoms with Gasteiger partial charge in [0, 0.05) is 23.9 Å². The zero-order valence-corrected chi connectivity index (χ0v) is 20.2. The van der Waals surface area contributed by atoms with Crippen LogP contribution in [0.15, 0.2) is 85.1 Å². The monoisotopic (exact) mass is 467 g/mol. The van der Waals surface area contributed by atoms with Crippen LogP contribution in [0.4, 0.5) is 5.82 Å². The van der Waals surface area contributed by atoms with E-state index >= 15 is 0 Å². The molecule has 0 unspecified atom stereocenters. The van der Waals surface area contributed by atoms with E-state index in [1.165, 1.54) is 11.6 Å². The Hall–Kier alpha value is -4.32. The second kappa shape index (κ2) is 11.2. The van der Waals surface area contributed by atoms with Gasteiger partial charge in [-0.05, 0) is 60.9 Å². The van der Waals surface area contributed by atoms with Crippen molar-refractivity contribution in [3.8, 4) is 11.5 Å². The molecule has 0 aliphatic rings. The molecule has 0 saturated heterocycles. The van der Waals surface area contributed by atoms with Gasteiger partial charge in [0.2, 0.25) is 5.91 Å². The Bertz CT molecular complexity index is 1340. The molecule has 0 fully saturated rings. The molecule has 178 valence electrons. The van der Waals surface area contributed by atoms with Gasteiger partial charge in [0.25, 0.3) is 0 Å². The summed E-state index contributed by atoms with van der Waals surface area (Å²) in [5.74, 6) is 1.79. The highest BCUT2D eigenvalue weighted by Crippen LogP contribution is 2.23. The maximum atomic E-state index is 12.5. The third-order valence-corrected chi connectivity index (χ3v) is 5.43. The maximum Gasteiger partial charge on any atom is 0.249 e. The Balaban J connectivity index is 1.37. The fourth-order valence-electron chi connectivity index (χ4n) is 3.73. The number of anilines is 1. The number of aryl methyl sites for hydroxylation is 2. The lowest BCUT2D eigenvalue weighted by Gasteiger charge is -2.11. The molecule has 0 aliphatic heterocycles. The van der Waals surface area contributed by atoms with E-state index in [9.17, 15) is 4.79 Å². The number of aromatic nitrogens is 2. The van der Waals surface area contributed by atoms with Gasteiger partial charge in [0.05, 0.1) is 13.7 Å². The summed E-state index contributed by atoms with van der Waals surface area (Å²) in [4.78, 5) is 12.5. The van der Waals surface area contributed by atoms with E-state index in [-0.39, 0.29) is 5.91 Å². The molecule has 1 N–H and O–H groups in total. The minimum absolute atomic E-state index is 0.251. The average Bonchev–Trinajstić information content (AvgIpc) is 3.28. The van der Waals surface area contributed by atoms with E-state index in [0.29, 0.717) is 19.0 Å². The Labute approximate surface area is 205 Å². The van der Waals surface area contributed by atoms with Crippen molar-refractivity contribution in [2.45, 2.75) is 27.0 Å². The van der Waals surface area contributed by atoms with Crippen LogP contribution in [0.3, 0.4) is 0 Å². The van der Waals surface area contributed by atoms with Gasteiger partial charge in [-0.25, -0.2) is 0 Å². The predicted octanol–water partition coefficient (Wildman–Crippen LogP) is 5.79. The lowest BCUT2D eigenvalue weighted by Crippen LogP contribution is -2.09. The van der Waals surface area contributed by atoms with Crippen LogP contribution >= 0.6 is 0 Å². The van der Waals surface area contributed by atoms with Gasteiger partial charge in [-0.3, -0.25) is 9.48 Å². The van der Waals surface area contributed by atoms with Gasteiger partial charge in [0.1, 0.15) is 18.1 Å². The third-order valence-electron chi connectivity index (χ3n) is 5.43. The Morgan fingerprint density at radius 3 is 2.57 bits per heavy atom. The van der Waals surface area contributed by atoms with Crippen LogP contribution in [0.2, 0.25) is 0 Å². The van der Waals surface area contributed by atoms with E-state index in [1.54, 1.807) is 23.9 Å². The second-order valence-corrected chi connectivity index (χ2v) is 8.39. The number of ether oxygens (including phenoxy) is 2. The highest BCUT2D eigenvalue weighted by atomic mass is 16.5. The minimum atomic E-state index is -0.251. The molecule has 4 aromatic rings. The summed E-state index contributed by atoms with van der Waals surface area (Å²) in [6.45, 7) is 5.09. The quantitative estimate of drug-likeness (QED) is 0.317. The summed E-state index contributed by atoms with van der Waals surface area (Å²) in [5.41, 5.74) is 5.27. The number of nitrogens with zero attached hydrogens (tertiary/aromatic N) is 2. The van der Waals surface area contributed by atoms with Crippen molar-refractivity contribution >= 4 is 17.8 Å². The van der Waals surface area contributed by atoms with Crippen molar-refractivity contribution < 1.29 is 14.3 Å². The zero-order valence-electron chi connectivity index (χ0n) is 20.2. The molecule has 6 heteroatoms. The lowest BCUT2D eigenvalue weighted by molar-refractivity contribution is -0.111. The first-order valence-electron chi connectivity index (χ1n) is 11.4. The molecule has 0 saturated carbocycles. The topological polar surface area (TPSA) is 65.4 Å². The number of rotatable bonds is 9. The van der Waals surface area contributed by atoms with Gasteiger partial charge in [-0.1, -0.05) is 48.0 Å². The Morgan fingerprint density at radius 1 is 1.00 bits per heavy atom. The third kappa shape index (κ3) is 6.84. The number of hydrogen-bond donors (Lipinski definition) is 1. The maximum absolute atomic E-state index is 12.5. The molecule has 4 rings (SSSR count). The van der Waals surface area contributed by atoms with Crippen LogP contribution < -0.4 is 14.8 Å². The summed E-state index contributed by atoms with van der Waals surface area (Å²) in [5, 5.41) is 7.26. The Morgan fingerprint density at radius 2 is 1.80 bits per heavy atom. The highest BCUT2D eigenvalue weighted by Gasteiger charge is 2.07. The summed E-state index contributed by atoms with van der Waals surface area (Å²) >= 11 is 0.